The van der Waals surface area contributed by atoms with Crippen molar-refractivity contribution >= 4 is 49.9 Å². The van der Waals surface area contributed by atoms with Crippen molar-refractivity contribution in [3.05, 3.63) is 80.7 Å². The molecular formula is C19H13BrN2O. The molecule has 2 heterocycles. The van der Waals surface area contributed by atoms with Crippen LogP contribution in [-0.4, -0.2) is 9.97 Å². The summed E-state index contributed by atoms with van der Waals surface area (Å²) in [4.78, 5) is 18.8. The second kappa shape index (κ2) is 5.56. The molecule has 0 bridgehead atoms. The average Bonchev–Trinajstić information content (AvgIpc) is 2.97. The number of para-hydroxylation sites is 1. The zero-order chi connectivity index (χ0) is 15.8. The first-order chi connectivity index (χ1) is 11.2. The Bertz CT molecular complexity index is 1110. The Morgan fingerprint density at radius 2 is 1.78 bits per heavy atom. The quantitative estimate of drug-likeness (QED) is 0.519. The second-order valence-electron chi connectivity index (χ2n) is 5.40. The zero-order valence-corrected chi connectivity index (χ0v) is 13.7. The standard InChI is InChI=1S/C19H13BrN2O/c20-13-6-8-18-16(9-13)19(23)10-14(22-18)7-5-12-11-21-17-4-2-1-3-15(12)17/h1-11,21H,(H,22,23)/b7-5+. The van der Waals surface area contributed by atoms with Crippen molar-refractivity contribution in [3.63, 3.8) is 0 Å². The van der Waals surface area contributed by atoms with Crippen molar-refractivity contribution in [2.24, 2.45) is 0 Å². The van der Waals surface area contributed by atoms with Crippen LogP contribution in [0.1, 0.15) is 11.3 Å². The van der Waals surface area contributed by atoms with Gasteiger partial charge >= 0.3 is 0 Å². The summed E-state index contributed by atoms with van der Waals surface area (Å²) >= 11 is 3.39. The molecule has 0 saturated carbocycles. The van der Waals surface area contributed by atoms with Crippen LogP contribution in [0.3, 0.4) is 0 Å². The minimum absolute atomic E-state index is 0.0126. The van der Waals surface area contributed by atoms with Gasteiger partial charge in [0, 0.05) is 44.2 Å². The Labute approximate surface area is 140 Å². The van der Waals surface area contributed by atoms with E-state index >= 15 is 0 Å². The van der Waals surface area contributed by atoms with Gasteiger partial charge in [0.05, 0.1) is 0 Å². The highest BCUT2D eigenvalue weighted by atomic mass is 79.9. The third-order valence-corrected chi connectivity index (χ3v) is 4.37. The summed E-state index contributed by atoms with van der Waals surface area (Å²) in [5.74, 6) is 0. The normalized spacial score (nSPS) is 11.7. The first-order valence-corrected chi connectivity index (χ1v) is 8.07. The maximum Gasteiger partial charge on any atom is 0.190 e. The molecule has 0 saturated heterocycles. The van der Waals surface area contributed by atoms with E-state index in [1.165, 1.54) is 0 Å². The van der Waals surface area contributed by atoms with Gasteiger partial charge in [-0.3, -0.25) is 4.79 Å². The Hall–Kier alpha value is -2.59. The van der Waals surface area contributed by atoms with E-state index < -0.39 is 0 Å². The lowest BCUT2D eigenvalue weighted by atomic mass is 10.1. The van der Waals surface area contributed by atoms with Crippen LogP contribution in [0.25, 0.3) is 34.0 Å². The molecule has 4 rings (SSSR count). The molecular weight excluding hydrogens is 352 g/mol. The predicted octanol–water partition coefficient (Wildman–Crippen LogP) is 4.94. The highest BCUT2D eigenvalue weighted by molar-refractivity contribution is 9.10. The zero-order valence-electron chi connectivity index (χ0n) is 12.1. The van der Waals surface area contributed by atoms with Gasteiger partial charge in [-0.2, -0.15) is 0 Å². The summed E-state index contributed by atoms with van der Waals surface area (Å²) in [6.45, 7) is 0. The van der Waals surface area contributed by atoms with Gasteiger partial charge < -0.3 is 9.97 Å². The van der Waals surface area contributed by atoms with E-state index in [-0.39, 0.29) is 5.43 Å². The van der Waals surface area contributed by atoms with Gasteiger partial charge in [-0.25, -0.2) is 0 Å². The Morgan fingerprint density at radius 3 is 2.70 bits per heavy atom. The van der Waals surface area contributed by atoms with Crippen LogP contribution >= 0.6 is 15.9 Å². The van der Waals surface area contributed by atoms with E-state index in [0.717, 1.165) is 32.1 Å². The first-order valence-electron chi connectivity index (χ1n) is 7.27. The third-order valence-electron chi connectivity index (χ3n) is 3.88. The number of aromatic amines is 2. The van der Waals surface area contributed by atoms with Gasteiger partial charge in [0.2, 0.25) is 0 Å². The smallest absolute Gasteiger partial charge is 0.190 e. The Kier molecular flexibility index (Phi) is 3.39. The monoisotopic (exact) mass is 364 g/mol. The van der Waals surface area contributed by atoms with Crippen LogP contribution in [0.15, 0.2) is 64.0 Å². The fraction of sp³-hybridized carbons (Fsp3) is 0. The molecule has 0 atom stereocenters. The number of aromatic nitrogens is 2. The maximum absolute atomic E-state index is 12.2. The number of rotatable bonds is 2. The maximum atomic E-state index is 12.2. The number of fused-ring (bicyclic) bond motifs is 2. The van der Waals surface area contributed by atoms with E-state index in [4.69, 9.17) is 0 Å². The lowest BCUT2D eigenvalue weighted by Crippen LogP contribution is -2.02. The van der Waals surface area contributed by atoms with Gasteiger partial charge in [0.25, 0.3) is 0 Å². The topological polar surface area (TPSA) is 48.6 Å². The number of H-pyrrole nitrogens is 2. The summed E-state index contributed by atoms with van der Waals surface area (Å²) in [6.07, 6.45) is 5.91. The summed E-state index contributed by atoms with van der Waals surface area (Å²) in [5, 5.41) is 1.85. The van der Waals surface area contributed by atoms with Crippen molar-refractivity contribution < 1.29 is 0 Å². The minimum atomic E-state index is 0.0126. The van der Waals surface area contributed by atoms with Crippen LogP contribution in [0.2, 0.25) is 0 Å². The lowest BCUT2D eigenvalue weighted by molar-refractivity contribution is 1.35. The molecule has 0 fully saturated rings. The van der Waals surface area contributed by atoms with Crippen molar-refractivity contribution in [2.45, 2.75) is 0 Å². The highest BCUT2D eigenvalue weighted by Gasteiger charge is 2.02. The first kappa shape index (κ1) is 14.0. The molecule has 0 aliphatic heterocycles. The fourth-order valence-corrected chi connectivity index (χ4v) is 3.10. The molecule has 3 nitrogen and oxygen atoms in total. The van der Waals surface area contributed by atoms with E-state index in [1.807, 2.05) is 54.7 Å². The van der Waals surface area contributed by atoms with Crippen molar-refractivity contribution in [1.82, 2.24) is 9.97 Å². The number of halogens is 1. The molecule has 0 radical (unpaired) electrons. The molecule has 4 aromatic rings. The molecule has 2 aromatic heterocycles. The van der Waals surface area contributed by atoms with Crippen LogP contribution < -0.4 is 5.43 Å². The van der Waals surface area contributed by atoms with E-state index in [0.29, 0.717) is 5.39 Å². The number of nitrogens with one attached hydrogen (secondary N) is 2. The number of hydrogen-bond acceptors (Lipinski definition) is 1. The van der Waals surface area contributed by atoms with E-state index in [9.17, 15) is 4.79 Å². The largest absolute Gasteiger partial charge is 0.361 e. The predicted molar refractivity (Wildman–Crippen MR) is 99.5 cm³/mol. The molecule has 0 aliphatic carbocycles. The number of pyridine rings is 1. The average molecular weight is 365 g/mol. The highest BCUT2D eigenvalue weighted by Crippen LogP contribution is 2.20. The van der Waals surface area contributed by atoms with Crippen LogP contribution in [0.5, 0.6) is 0 Å². The van der Waals surface area contributed by atoms with Gasteiger partial charge in [-0.05, 0) is 35.9 Å². The summed E-state index contributed by atoms with van der Waals surface area (Å²) in [5.41, 5.74) is 3.83. The molecule has 0 aliphatic rings. The van der Waals surface area contributed by atoms with Crippen LogP contribution in [0.4, 0.5) is 0 Å². The van der Waals surface area contributed by atoms with Gasteiger partial charge in [0.1, 0.15) is 0 Å². The second-order valence-corrected chi connectivity index (χ2v) is 6.32. The van der Waals surface area contributed by atoms with Crippen molar-refractivity contribution in [3.8, 4) is 0 Å². The summed E-state index contributed by atoms with van der Waals surface area (Å²) in [7, 11) is 0. The summed E-state index contributed by atoms with van der Waals surface area (Å²) < 4.78 is 0.901. The lowest BCUT2D eigenvalue weighted by Gasteiger charge is -2.01. The Morgan fingerprint density at radius 1 is 0.913 bits per heavy atom. The molecule has 0 unspecified atom stereocenters. The molecule has 112 valence electrons. The molecule has 2 aromatic carbocycles. The molecule has 0 amide bonds. The molecule has 4 heteroatoms. The van der Waals surface area contributed by atoms with Gasteiger partial charge in [0.15, 0.2) is 5.43 Å². The molecule has 23 heavy (non-hydrogen) atoms. The van der Waals surface area contributed by atoms with Gasteiger partial charge in [-0.1, -0.05) is 40.2 Å². The molecule has 2 N–H and O–H groups in total. The molecule has 0 spiro atoms. The van der Waals surface area contributed by atoms with Crippen LogP contribution in [0, 0.1) is 0 Å². The number of benzene rings is 2. The fourth-order valence-electron chi connectivity index (χ4n) is 2.74. The van der Waals surface area contributed by atoms with Crippen molar-refractivity contribution in [2.75, 3.05) is 0 Å². The third kappa shape index (κ3) is 2.62. The van der Waals surface area contributed by atoms with E-state index in [1.54, 1.807) is 6.07 Å². The SMILES string of the molecule is O=c1cc(/C=C/c2c[nH]c3ccccc23)[nH]c2ccc(Br)cc12. The van der Waals surface area contributed by atoms with E-state index in [2.05, 4.69) is 32.0 Å². The van der Waals surface area contributed by atoms with Crippen LogP contribution in [-0.2, 0) is 0 Å². The Balaban J connectivity index is 1.78. The van der Waals surface area contributed by atoms with Gasteiger partial charge in [-0.15, -0.1) is 0 Å². The van der Waals surface area contributed by atoms with Crippen molar-refractivity contribution in [1.29, 1.82) is 0 Å². The number of hydrogen-bond donors (Lipinski definition) is 2. The minimum Gasteiger partial charge on any atom is -0.361 e. The summed E-state index contributed by atoms with van der Waals surface area (Å²) in [6, 6.07) is 15.4.